The highest BCUT2D eigenvalue weighted by molar-refractivity contribution is 5.63. The highest BCUT2D eigenvalue weighted by atomic mass is 16.4. The molecular weight excluding hydrogens is 370 g/mol. The van der Waals surface area contributed by atoms with Crippen molar-refractivity contribution in [2.45, 2.75) is 142 Å². The van der Waals surface area contributed by atoms with Crippen LogP contribution in [0, 0.1) is 0 Å². The molecule has 0 atom stereocenters. The number of nitrogens with zero attached hydrogens (tertiary/aromatic N) is 1. The van der Waals surface area contributed by atoms with E-state index in [1.807, 2.05) is 0 Å². The Hall–Kier alpha value is -0.570. The molecule has 0 spiro atoms. The highest BCUT2D eigenvalue weighted by Gasteiger charge is 2.04. The van der Waals surface area contributed by atoms with Crippen molar-refractivity contribution in [2.75, 3.05) is 27.7 Å². The molecule has 0 N–H and O–H groups in total. The number of carboxylic acids is 1. The van der Waals surface area contributed by atoms with Gasteiger partial charge in [0.2, 0.25) is 0 Å². The lowest BCUT2D eigenvalue weighted by atomic mass is 10.0. The van der Waals surface area contributed by atoms with Crippen molar-refractivity contribution >= 4 is 5.97 Å². The average molecular weight is 428 g/mol. The van der Waals surface area contributed by atoms with Crippen LogP contribution in [0.2, 0.25) is 0 Å². The summed E-state index contributed by atoms with van der Waals surface area (Å²) in [6.07, 6.45) is 26.0. The van der Waals surface area contributed by atoms with Gasteiger partial charge in [0.1, 0.15) is 0 Å². The van der Waals surface area contributed by atoms with Gasteiger partial charge in [-0.3, -0.25) is 0 Å². The molecule has 182 valence electrons. The lowest BCUT2D eigenvalue weighted by Gasteiger charge is -2.23. The van der Waals surface area contributed by atoms with Gasteiger partial charge in [0.05, 0.1) is 27.7 Å². The van der Waals surface area contributed by atoms with Gasteiger partial charge in [-0.25, -0.2) is 0 Å². The second-order valence-electron chi connectivity index (χ2n) is 10.1. The van der Waals surface area contributed by atoms with Gasteiger partial charge < -0.3 is 14.4 Å². The molecule has 0 aromatic heterocycles. The largest absolute Gasteiger partial charge is 0.550 e. The molecule has 0 aromatic rings. The lowest BCUT2D eigenvalue weighted by molar-refractivity contribution is -0.870. The number of hydrogen-bond acceptors (Lipinski definition) is 2. The Kier molecular flexibility index (Phi) is 26.0. The van der Waals surface area contributed by atoms with Crippen LogP contribution < -0.4 is 5.11 Å². The zero-order valence-electron chi connectivity index (χ0n) is 21.6. The number of carbonyl (C=O) groups excluding carboxylic acids is 1. The summed E-state index contributed by atoms with van der Waals surface area (Å²) in [5.41, 5.74) is 0. The minimum absolute atomic E-state index is 0.226. The number of hydrogen-bond donors (Lipinski definition) is 0. The first-order valence-electron chi connectivity index (χ1n) is 13.3. The molecule has 3 heteroatoms. The van der Waals surface area contributed by atoms with Crippen molar-refractivity contribution in [1.29, 1.82) is 0 Å². The van der Waals surface area contributed by atoms with E-state index in [1.165, 1.54) is 109 Å². The molecule has 30 heavy (non-hydrogen) atoms. The van der Waals surface area contributed by atoms with Gasteiger partial charge in [0.25, 0.3) is 0 Å². The van der Waals surface area contributed by atoms with Gasteiger partial charge in [-0.2, -0.15) is 0 Å². The Morgan fingerprint density at radius 2 is 0.833 bits per heavy atom. The van der Waals surface area contributed by atoms with E-state index in [-0.39, 0.29) is 6.42 Å². The molecule has 0 aliphatic carbocycles. The number of carbonyl (C=O) groups is 1. The smallest absolute Gasteiger partial charge is 0.0780 e. The van der Waals surface area contributed by atoms with Gasteiger partial charge in [-0.15, -0.1) is 0 Å². The van der Waals surface area contributed by atoms with Crippen molar-refractivity contribution in [2.24, 2.45) is 0 Å². The first-order valence-corrected chi connectivity index (χ1v) is 13.3. The van der Waals surface area contributed by atoms with E-state index < -0.39 is 5.97 Å². The Bertz CT molecular complexity index is 336. The fourth-order valence-corrected chi connectivity index (χ4v) is 3.65. The number of quaternary nitrogens is 1. The third kappa shape index (κ3) is 34.9. The minimum atomic E-state index is -0.920. The van der Waals surface area contributed by atoms with Crippen LogP contribution >= 0.6 is 0 Å². The zero-order chi connectivity index (χ0) is 22.9. The zero-order valence-corrected chi connectivity index (χ0v) is 21.6. The Morgan fingerprint density at radius 3 is 1.13 bits per heavy atom. The summed E-state index contributed by atoms with van der Waals surface area (Å²) < 4.78 is 1.12. The van der Waals surface area contributed by atoms with Crippen molar-refractivity contribution in [3.05, 3.63) is 0 Å². The van der Waals surface area contributed by atoms with E-state index in [0.717, 1.165) is 23.7 Å². The minimum Gasteiger partial charge on any atom is -0.550 e. The van der Waals surface area contributed by atoms with Gasteiger partial charge in [-0.05, 0) is 25.7 Å². The second kappa shape index (κ2) is 24.7. The molecule has 0 radical (unpaired) electrons. The maximum atomic E-state index is 9.92. The Balaban J connectivity index is 0. The fourth-order valence-electron chi connectivity index (χ4n) is 3.65. The number of rotatable bonds is 21. The number of carboxylic acid groups (broad SMARTS) is 1. The first-order chi connectivity index (χ1) is 14.3. The predicted octanol–water partition coefficient (Wildman–Crippen LogP) is 7.27. The molecule has 0 aliphatic rings. The standard InChI is InChI=1S/C19H42N.C8H16O2/c1-5-6-7-8-9-10-11-12-13-14-15-16-17-18-19-20(2,3)4;1-2-3-4-5-6-7-8(9)10/h5-19H2,1-4H3;2-7H2,1H3,(H,9,10)/q+1;/p-1. The molecule has 0 aliphatic heterocycles. The van der Waals surface area contributed by atoms with Crippen LogP contribution in [0.15, 0.2) is 0 Å². The maximum Gasteiger partial charge on any atom is 0.0780 e. The monoisotopic (exact) mass is 427 g/mol. The van der Waals surface area contributed by atoms with Gasteiger partial charge in [0.15, 0.2) is 0 Å². The topological polar surface area (TPSA) is 40.1 Å². The van der Waals surface area contributed by atoms with Crippen molar-refractivity contribution in [3.8, 4) is 0 Å². The van der Waals surface area contributed by atoms with Crippen LogP contribution in [0.3, 0.4) is 0 Å². The molecule has 0 heterocycles. The predicted molar refractivity (Wildman–Crippen MR) is 132 cm³/mol. The van der Waals surface area contributed by atoms with Crippen LogP contribution in [-0.2, 0) is 4.79 Å². The van der Waals surface area contributed by atoms with Crippen LogP contribution in [0.4, 0.5) is 0 Å². The van der Waals surface area contributed by atoms with Crippen molar-refractivity contribution < 1.29 is 14.4 Å². The summed E-state index contributed by atoms with van der Waals surface area (Å²) in [6, 6.07) is 0. The average Bonchev–Trinajstić information content (AvgIpc) is 2.67. The van der Waals surface area contributed by atoms with Gasteiger partial charge >= 0.3 is 0 Å². The van der Waals surface area contributed by atoms with E-state index in [2.05, 4.69) is 35.0 Å². The van der Waals surface area contributed by atoms with Crippen LogP contribution in [0.1, 0.15) is 142 Å². The molecule has 0 rings (SSSR count). The summed E-state index contributed by atoms with van der Waals surface area (Å²) in [5.74, 6) is -0.920. The molecule has 0 amide bonds. The molecule has 0 aromatic carbocycles. The summed E-state index contributed by atoms with van der Waals surface area (Å²) >= 11 is 0. The van der Waals surface area contributed by atoms with E-state index >= 15 is 0 Å². The first kappa shape index (κ1) is 31.6. The SMILES string of the molecule is CCCCCCCC(=O)[O-].CCCCCCCCCCCCCCCC[N+](C)(C)C. The van der Waals surface area contributed by atoms with Crippen LogP contribution in [0.25, 0.3) is 0 Å². The van der Waals surface area contributed by atoms with E-state index in [4.69, 9.17) is 0 Å². The molecule has 0 saturated carbocycles. The van der Waals surface area contributed by atoms with Crippen LogP contribution in [0.5, 0.6) is 0 Å². The van der Waals surface area contributed by atoms with Crippen molar-refractivity contribution in [3.63, 3.8) is 0 Å². The normalized spacial score (nSPS) is 11.2. The number of aliphatic carboxylic acids is 1. The third-order valence-electron chi connectivity index (χ3n) is 5.67. The molecule has 3 nitrogen and oxygen atoms in total. The summed E-state index contributed by atoms with van der Waals surface area (Å²) in [5, 5.41) is 9.92. The quantitative estimate of drug-likeness (QED) is 0.143. The third-order valence-corrected chi connectivity index (χ3v) is 5.67. The molecule has 0 fully saturated rings. The van der Waals surface area contributed by atoms with Crippen molar-refractivity contribution in [1.82, 2.24) is 0 Å². The fraction of sp³-hybridized carbons (Fsp3) is 0.963. The lowest BCUT2D eigenvalue weighted by Crippen LogP contribution is -2.35. The maximum absolute atomic E-state index is 9.92. The van der Waals surface area contributed by atoms with Gasteiger partial charge in [0, 0.05) is 5.97 Å². The second-order valence-corrected chi connectivity index (χ2v) is 10.1. The Labute approximate surface area is 190 Å². The summed E-state index contributed by atoms with van der Waals surface area (Å²) in [4.78, 5) is 9.92. The van der Waals surface area contributed by atoms with E-state index in [1.54, 1.807) is 0 Å². The van der Waals surface area contributed by atoms with E-state index in [0.29, 0.717) is 0 Å². The van der Waals surface area contributed by atoms with Gasteiger partial charge in [-0.1, -0.05) is 117 Å². The molecule has 0 unspecified atom stereocenters. The molecule has 0 saturated heterocycles. The van der Waals surface area contributed by atoms with E-state index in [9.17, 15) is 9.90 Å². The van der Waals surface area contributed by atoms with Crippen LogP contribution in [-0.4, -0.2) is 38.1 Å². The highest BCUT2D eigenvalue weighted by Crippen LogP contribution is 2.13. The number of unbranched alkanes of at least 4 members (excludes halogenated alkanes) is 17. The summed E-state index contributed by atoms with van der Waals surface area (Å²) in [7, 11) is 6.88. The summed E-state index contributed by atoms with van der Waals surface area (Å²) in [6.45, 7) is 5.76. The molecular formula is C27H57NO2. The Morgan fingerprint density at radius 1 is 0.533 bits per heavy atom. The molecule has 0 bridgehead atoms.